The molecule has 3 N–H and O–H groups in total. The Hall–Kier alpha value is -1.81. The Labute approximate surface area is 105 Å². The van der Waals surface area contributed by atoms with Crippen molar-refractivity contribution in [2.24, 2.45) is 5.73 Å². The highest BCUT2D eigenvalue weighted by Gasteiger charge is 2.18. The third-order valence-corrected chi connectivity index (χ3v) is 3.54. The van der Waals surface area contributed by atoms with E-state index in [1.807, 2.05) is 12.1 Å². The van der Waals surface area contributed by atoms with Crippen LogP contribution in [0.25, 0.3) is 11.3 Å². The second-order valence-corrected chi connectivity index (χ2v) is 4.67. The molecule has 0 bridgehead atoms. The number of hydrogen-bond donors (Lipinski definition) is 2. The van der Waals surface area contributed by atoms with E-state index in [9.17, 15) is 4.79 Å². The van der Waals surface area contributed by atoms with Gasteiger partial charge in [0.15, 0.2) is 0 Å². The molecule has 0 spiro atoms. The van der Waals surface area contributed by atoms with E-state index >= 15 is 0 Å². The summed E-state index contributed by atoms with van der Waals surface area (Å²) in [5.41, 5.74) is 8.66. The van der Waals surface area contributed by atoms with Crippen molar-refractivity contribution in [2.75, 3.05) is 0 Å². The first kappa shape index (κ1) is 11.3. The summed E-state index contributed by atoms with van der Waals surface area (Å²) in [6.45, 7) is 0.394. The second kappa shape index (κ2) is 4.46. The normalized spacial score (nSPS) is 14.5. The fourth-order valence-corrected chi connectivity index (χ4v) is 2.62. The molecule has 4 heteroatoms. The Balaban J connectivity index is 2.14. The maximum absolute atomic E-state index is 11.8. The zero-order valence-corrected chi connectivity index (χ0v) is 10.2. The highest BCUT2D eigenvalue weighted by molar-refractivity contribution is 5.63. The summed E-state index contributed by atoms with van der Waals surface area (Å²) in [5.74, 6) is 1.56. The largest absolute Gasteiger partial charge is 0.460 e. The van der Waals surface area contributed by atoms with Crippen molar-refractivity contribution in [3.05, 3.63) is 45.6 Å². The second-order valence-electron chi connectivity index (χ2n) is 4.67. The van der Waals surface area contributed by atoms with Crippen LogP contribution in [0.2, 0.25) is 0 Å². The van der Waals surface area contributed by atoms with Gasteiger partial charge in [-0.1, -0.05) is 0 Å². The van der Waals surface area contributed by atoms with E-state index in [4.69, 9.17) is 10.2 Å². The van der Waals surface area contributed by atoms with Crippen molar-refractivity contribution >= 4 is 0 Å². The molecular weight excluding hydrogens is 228 g/mol. The van der Waals surface area contributed by atoms with Gasteiger partial charge in [-0.2, -0.15) is 0 Å². The highest BCUT2D eigenvalue weighted by Crippen LogP contribution is 2.30. The van der Waals surface area contributed by atoms with Gasteiger partial charge in [0.1, 0.15) is 11.5 Å². The summed E-state index contributed by atoms with van der Waals surface area (Å²) in [6.07, 6.45) is 5.79. The first-order valence-corrected chi connectivity index (χ1v) is 6.32. The number of hydrogen-bond acceptors (Lipinski definition) is 3. The summed E-state index contributed by atoms with van der Waals surface area (Å²) in [7, 11) is 0. The Bertz CT molecular complexity index is 625. The van der Waals surface area contributed by atoms with Crippen LogP contribution in [0.1, 0.15) is 29.7 Å². The first-order chi connectivity index (χ1) is 8.79. The molecule has 0 aromatic carbocycles. The number of fused-ring (bicyclic) bond motifs is 1. The van der Waals surface area contributed by atoms with Crippen molar-refractivity contribution in [3.8, 4) is 11.3 Å². The van der Waals surface area contributed by atoms with Crippen molar-refractivity contribution in [2.45, 2.75) is 32.2 Å². The van der Waals surface area contributed by atoms with Gasteiger partial charge in [0.05, 0.1) is 6.54 Å². The molecule has 4 nitrogen and oxygen atoms in total. The molecule has 0 atom stereocenters. The molecule has 0 amide bonds. The van der Waals surface area contributed by atoms with Gasteiger partial charge in [0.2, 0.25) is 0 Å². The molecule has 3 rings (SSSR count). The lowest BCUT2D eigenvalue weighted by molar-refractivity contribution is 0.523. The summed E-state index contributed by atoms with van der Waals surface area (Å²) < 4.78 is 5.68. The van der Waals surface area contributed by atoms with Crippen LogP contribution in [0.3, 0.4) is 0 Å². The summed E-state index contributed by atoms with van der Waals surface area (Å²) >= 11 is 0. The maximum Gasteiger partial charge on any atom is 0.251 e. The monoisotopic (exact) mass is 244 g/mol. The van der Waals surface area contributed by atoms with Crippen molar-refractivity contribution in [3.63, 3.8) is 0 Å². The van der Waals surface area contributed by atoms with Crippen LogP contribution >= 0.6 is 0 Å². The Morgan fingerprint density at radius 3 is 2.72 bits per heavy atom. The smallest absolute Gasteiger partial charge is 0.251 e. The van der Waals surface area contributed by atoms with Crippen molar-refractivity contribution in [1.29, 1.82) is 0 Å². The number of rotatable bonds is 2. The van der Waals surface area contributed by atoms with Crippen molar-refractivity contribution in [1.82, 2.24) is 4.98 Å². The Kier molecular flexibility index (Phi) is 2.80. The summed E-state index contributed by atoms with van der Waals surface area (Å²) in [6, 6.07) is 3.81. The average Bonchev–Trinajstić information content (AvgIpc) is 2.88. The number of nitrogens with two attached hydrogens (primary N) is 1. The van der Waals surface area contributed by atoms with Crippen LogP contribution in [0.4, 0.5) is 0 Å². The quantitative estimate of drug-likeness (QED) is 0.848. The van der Waals surface area contributed by atoms with Gasteiger partial charge in [0.25, 0.3) is 5.56 Å². The zero-order chi connectivity index (χ0) is 12.5. The maximum atomic E-state index is 11.8. The van der Waals surface area contributed by atoms with Crippen LogP contribution in [-0.4, -0.2) is 4.98 Å². The standard InChI is InChI=1S/C14H16N2O2/c15-7-9-5-6-13(18-9)12-8-16-14(17)11-4-2-1-3-10(11)12/h5-6,8H,1-4,7,15H2,(H,16,17). The van der Waals surface area contributed by atoms with Crippen LogP contribution < -0.4 is 11.3 Å². The molecule has 1 aliphatic carbocycles. The van der Waals surface area contributed by atoms with Gasteiger partial charge in [-0.05, 0) is 43.4 Å². The predicted molar refractivity (Wildman–Crippen MR) is 69.3 cm³/mol. The molecule has 1 aliphatic rings. The van der Waals surface area contributed by atoms with Gasteiger partial charge >= 0.3 is 0 Å². The van der Waals surface area contributed by atoms with Crippen molar-refractivity contribution < 1.29 is 4.42 Å². The molecule has 0 aliphatic heterocycles. The highest BCUT2D eigenvalue weighted by atomic mass is 16.3. The SMILES string of the molecule is NCc1ccc(-c2c[nH]c(=O)c3c2CCCC3)o1. The molecule has 2 aromatic heterocycles. The molecule has 0 unspecified atom stereocenters. The molecule has 18 heavy (non-hydrogen) atoms. The lowest BCUT2D eigenvalue weighted by atomic mass is 9.89. The van der Waals surface area contributed by atoms with E-state index in [-0.39, 0.29) is 5.56 Å². The van der Waals surface area contributed by atoms with Crippen LogP contribution in [0.15, 0.2) is 27.5 Å². The van der Waals surface area contributed by atoms with E-state index in [2.05, 4.69) is 4.98 Å². The minimum absolute atomic E-state index is 0.0408. The van der Waals surface area contributed by atoms with Gasteiger partial charge in [-0.25, -0.2) is 0 Å². The summed E-state index contributed by atoms with van der Waals surface area (Å²) in [5, 5.41) is 0. The number of furan rings is 1. The molecule has 2 heterocycles. The van der Waals surface area contributed by atoms with E-state index in [0.29, 0.717) is 6.54 Å². The molecule has 94 valence electrons. The average molecular weight is 244 g/mol. The molecule has 0 saturated carbocycles. The number of nitrogens with one attached hydrogen (secondary N) is 1. The summed E-state index contributed by atoms with van der Waals surface area (Å²) in [4.78, 5) is 14.6. The number of pyridine rings is 1. The molecule has 0 saturated heterocycles. The minimum Gasteiger partial charge on any atom is -0.460 e. The van der Waals surface area contributed by atoms with Crippen LogP contribution in [0.5, 0.6) is 0 Å². The number of aromatic amines is 1. The van der Waals surface area contributed by atoms with E-state index in [1.54, 1.807) is 6.20 Å². The molecule has 0 radical (unpaired) electrons. The zero-order valence-electron chi connectivity index (χ0n) is 10.2. The minimum atomic E-state index is 0.0408. The third kappa shape index (κ3) is 1.78. The fraction of sp³-hybridized carbons (Fsp3) is 0.357. The molecular formula is C14H16N2O2. The van der Waals surface area contributed by atoms with Gasteiger partial charge in [-0.3, -0.25) is 4.79 Å². The van der Waals surface area contributed by atoms with Gasteiger partial charge < -0.3 is 15.1 Å². The molecule has 0 fully saturated rings. The topological polar surface area (TPSA) is 72.0 Å². The Morgan fingerprint density at radius 1 is 1.22 bits per heavy atom. The number of aromatic nitrogens is 1. The first-order valence-electron chi connectivity index (χ1n) is 6.32. The number of H-pyrrole nitrogens is 1. The lowest BCUT2D eigenvalue weighted by Gasteiger charge is -2.17. The fourth-order valence-electron chi connectivity index (χ4n) is 2.62. The van der Waals surface area contributed by atoms with Gasteiger partial charge in [-0.15, -0.1) is 0 Å². The van der Waals surface area contributed by atoms with Gasteiger partial charge in [0, 0.05) is 17.3 Å². The lowest BCUT2D eigenvalue weighted by Crippen LogP contribution is -2.19. The predicted octanol–water partition coefficient (Wildman–Crippen LogP) is 1.97. The Morgan fingerprint density at radius 2 is 2.00 bits per heavy atom. The van der Waals surface area contributed by atoms with Crippen LogP contribution in [0, 0.1) is 0 Å². The third-order valence-electron chi connectivity index (χ3n) is 3.54. The van der Waals surface area contributed by atoms with E-state index in [1.165, 1.54) is 0 Å². The molecule has 2 aromatic rings. The van der Waals surface area contributed by atoms with E-state index in [0.717, 1.165) is 53.9 Å². The van der Waals surface area contributed by atoms with E-state index < -0.39 is 0 Å². The van der Waals surface area contributed by atoms with Crippen LogP contribution in [-0.2, 0) is 19.4 Å².